The molecule has 0 heterocycles. The maximum absolute atomic E-state index is 13.7. The molecular weight excluding hydrogens is 306 g/mol. The molecule has 1 nitrogen and oxygen atoms in total. The standard InChI is InChI=1S/C15H12ClF4N/c1-9(11-4-2-3-5-13(11)17)21-14-7-6-10(16)8-12(14)15(18,19)20/h2-9,21H,1H3. The lowest BCUT2D eigenvalue weighted by Crippen LogP contribution is -2.14. The molecule has 21 heavy (non-hydrogen) atoms. The first-order valence-corrected chi connectivity index (χ1v) is 6.54. The fourth-order valence-corrected chi connectivity index (χ4v) is 2.19. The summed E-state index contributed by atoms with van der Waals surface area (Å²) in [6.45, 7) is 1.59. The van der Waals surface area contributed by atoms with Crippen molar-refractivity contribution in [3.8, 4) is 0 Å². The smallest absolute Gasteiger partial charge is 0.378 e. The Bertz CT molecular complexity index is 640. The number of hydrogen-bond donors (Lipinski definition) is 1. The van der Waals surface area contributed by atoms with E-state index in [-0.39, 0.29) is 10.7 Å². The molecule has 6 heteroatoms. The fourth-order valence-electron chi connectivity index (χ4n) is 2.01. The van der Waals surface area contributed by atoms with Gasteiger partial charge in [-0.15, -0.1) is 0 Å². The van der Waals surface area contributed by atoms with Gasteiger partial charge in [0.25, 0.3) is 0 Å². The Labute approximate surface area is 124 Å². The quantitative estimate of drug-likeness (QED) is 0.719. The van der Waals surface area contributed by atoms with Gasteiger partial charge in [-0.05, 0) is 31.2 Å². The molecule has 1 unspecified atom stereocenters. The van der Waals surface area contributed by atoms with E-state index in [1.54, 1.807) is 13.0 Å². The van der Waals surface area contributed by atoms with E-state index in [2.05, 4.69) is 5.32 Å². The predicted molar refractivity (Wildman–Crippen MR) is 74.9 cm³/mol. The van der Waals surface area contributed by atoms with Gasteiger partial charge in [0, 0.05) is 16.3 Å². The van der Waals surface area contributed by atoms with Crippen LogP contribution in [-0.4, -0.2) is 0 Å². The highest BCUT2D eigenvalue weighted by molar-refractivity contribution is 6.30. The molecular formula is C15H12ClF4N. The summed E-state index contributed by atoms with van der Waals surface area (Å²) in [5, 5.41) is 2.67. The minimum atomic E-state index is -4.54. The van der Waals surface area contributed by atoms with Crippen molar-refractivity contribution in [1.82, 2.24) is 0 Å². The van der Waals surface area contributed by atoms with Gasteiger partial charge in [0.2, 0.25) is 0 Å². The number of nitrogens with one attached hydrogen (secondary N) is 1. The third-order valence-corrected chi connectivity index (χ3v) is 3.27. The first kappa shape index (κ1) is 15.6. The van der Waals surface area contributed by atoms with E-state index in [1.165, 1.54) is 30.3 Å². The topological polar surface area (TPSA) is 12.0 Å². The van der Waals surface area contributed by atoms with E-state index < -0.39 is 23.6 Å². The summed E-state index contributed by atoms with van der Waals surface area (Å²) in [5.74, 6) is -0.472. The van der Waals surface area contributed by atoms with Gasteiger partial charge in [-0.25, -0.2) is 4.39 Å². The first-order valence-electron chi connectivity index (χ1n) is 6.16. The Morgan fingerprint density at radius 3 is 2.38 bits per heavy atom. The van der Waals surface area contributed by atoms with Crippen molar-refractivity contribution in [2.45, 2.75) is 19.1 Å². The van der Waals surface area contributed by atoms with Gasteiger partial charge in [0.15, 0.2) is 0 Å². The maximum atomic E-state index is 13.7. The minimum absolute atomic E-state index is 0.00794. The van der Waals surface area contributed by atoms with Crippen LogP contribution >= 0.6 is 11.6 Å². The van der Waals surface area contributed by atoms with Crippen LogP contribution in [-0.2, 0) is 6.18 Å². The Kier molecular flexibility index (Phi) is 4.42. The van der Waals surface area contributed by atoms with Crippen molar-refractivity contribution in [3.05, 3.63) is 64.4 Å². The van der Waals surface area contributed by atoms with Crippen molar-refractivity contribution in [2.24, 2.45) is 0 Å². The van der Waals surface area contributed by atoms with Crippen molar-refractivity contribution >= 4 is 17.3 Å². The highest BCUT2D eigenvalue weighted by Crippen LogP contribution is 2.37. The molecule has 0 amide bonds. The van der Waals surface area contributed by atoms with Crippen molar-refractivity contribution in [2.75, 3.05) is 5.32 Å². The van der Waals surface area contributed by atoms with Crippen LogP contribution in [0, 0.1) is 5.82 Å². The average Bonchev–Trinajstić information content (AvgIpc) is 2.40. The number of hydrogen-bond acceptors (Lipinski definition) is 1. The molecule has 0 saturated carbocycles. The van der Waals surface area contributed by atoms with Crippen LogP contribution in [0.5, 0.6) is 0 Å². The van der Waals surface area contributed by atoms with Gasteiger partial charge in [0.1, 0.15) is 5.82 Å². The largest absolute Gasteiger partial charge is 0.418 e. The third kappa shape index (κ3) is 3.67. The van der Waals surface area contributed by atoms with Crippen LogP contribution < -0.4 is 5.32 Å². The minimum Gasteiger partial charge on any atom is -0.378 e. The second kappa shape index (κ2) is 5.93. The summed E-state index contributed by atoms with van der Waals surface area (Å²) >= 11 is 5.61. The lowest BCUT2D eigenvalue weighted by Gasteiger charge is -2.20. The van der Waals surface area contributed by atoms with Crippen LogP contribution in [0.4, 0.5) is 23.2 Å². The second-order valence-corrected chi connectivity index (χ2v) is 5.01. The van der Waals surface area contributed by atoms with Crippen LogP contribution in [0.3, 0.4) is 0 Å². The molecule has 0 radical (unpaired) electrons. The number of anilines is 1. The molecule has 0 aliphatic carbocycles. The summed E-state index contributed by atoms with van der Waals surface area (Å²) < 4.78 is 52.6. The van der Waals surface area contributed by atoms with Crippen LogP contribution in [0.25, 0.3) is 0 Å². The van der Waals surface area contributed by atoms with Gasteiger partial charge < -0.3 is 5.32 Å². The number of alkyl halides is 3. The molecule has 0 fully saturated rings. The molecule has 2 aromatic rings. The molecule has 2 aromatic carbocycles. The Morgan fingerprint density at radius 1 is 1.10 bits per heavy atom. The summed E-state index contributed by atoms with van der Waals surface area (Å²) in [4.78, 5) is 0. The van der Waals surface area contributed by atoms with E-state index in [0.717, 1.165) is 6.07 Å². The third-order valence-electron chi connectivity index (χ3n) is 3.03. The van der Waals surface area contributed by atoms with E-state index in [1.807, 2.05) is 0 Å². The highest BCUT2D eigenvalue weighted by atomic mass is 35.5. The van der Waals surface area contributed by atoms with E-state index in [4.69, 9.17) is 11.6 Å². The van der Waals surface area contributed by atoms with Crippen LogP contribution in [0.15, 0.2) is 42.5 Å². The number of rotatable bonds is 3. The maximum Gasteiger partial charge on any atom is 0.418 e. The van der Waals surface area contributed by atoms with Crippen molar-refractivity contribution in [3.63, 3.8) is 0 Å². The van der Waals surface area contributed by atoms with Gasteiger partial charge in [0.05, 0.1) is 11.6 Å². The molecule has 0 saturated heterocycles. The number of halogens is 5. The summed E-state index contributed by atoms with van der Waals surface area (Å²) in [7, 11) is 0. The van der Waals surface area contributed by atoms with Gasteiger partial charge in [-0.1, -0.05) is 29.8 Å². The molecule has 0 spiro atoms. The molecule has 0 aromatic heterocycles. The molecule has 0 aliphatic heterocycles. The summed E-state index contributed by atoms with van der Waals surface area (Å²) in [6, 6.07) is 8.76. The van der Waals surface area contributed by atoms with E-state index >= 15 is 0 Å². The lowest BCUT2D eigenvalue weighted by atomic mass is 10.1. The highest BCUT2D eigenvalue weighted by Gasteiger charge is 2.34. The van der Waals surface area contributed by atoms with Gasteiger partial charge in [-0.2, -0.15) is 13.2 Å². The molecule has 112 valence electrons. The second-order valence-electron chi connectivity index (χ2n) is 4.58. The van der Waals surface area contributed by atoms with Crippen molar-refractivity contribution in [1.29, 1.82) is 0 Å². The monoisotopic (exact) mass is 317 g/mol. The Balaban J connectivity index is 2.34. The first-order chi connectivity index (χ1) is 9.79. The summed E-state index contributed by atoms with van der Waals surface area (Å²) in [6.07, 6.45) is -4.54. The van der Waals surface area contributed by atoms with Gasteiger partial charge >= 0.3 is 6.18 Å². The zero-order valence-corrected chi connectivity index (χ0v) is 11.8. The normalized spacial score (nSPS) is 13.0. The fraction of sp³-hybridized carbons (Fsp3) is 0.200. The zero-order valence-electron chi connectivity index (χ0n) is 11.0. The lowest BCUT2D eigenvalue weighted by molar-refractivity contribution is -0.137. The molecule has 1 atom stereocenters. The average molecular weight is 318 g/mol. The SMILES string of the molecule is CC(Nc1ccc(Cl)cc1C(F)(F)F)c1ccccc1F. The number of benzene rings is 2. The van der Waals surface area contributed by atoms with Gasteiger partial charge in [-0.3, -0.25) is 0 Å². The van der Waals surface area contributed by atoms with E-state index in [9.17, 15) is 17.6 Å². The molecule has 2 rings (SSSR count). The molecule has 1 N–H and O–H groups in total. The Hall–Kier alpha value is -1.75. The van der Waals surface area contributed by atoms with Crippen LogP contribution in [0.1, 0.15) is 24.1 Å². The molecule has 0 bridgehead atoms. The zero-order chi connectivity index (χ0) is 15.6. The summed E-state index contributed by atoms with van der Waals surface area (Å²) in [5.41, 5.74) is -0.721. The predicted octanol–water partition coefficient (Wildman–Crippen LogP) is 5.67. The van der Waals surface area contributed by atoms with E-state index in [0.29, 0.717) is 5.56 Å². The van der Waals surface area contributed by atoms with Crippen molar-refractivity contribution < 1.29 is 17.6 Å². The molecule has 0 aliphatic rings. The Morgan fingerprint density at radius 2 is 1.76 bits per heavy atom. The van der Waals surface area contributed by atoms with Crippen LogP contribution in [0.2, 0.25) is 5.02 Å².